The zero-order valence-corrected chi connectivity index (χ0v) is 20.5. The lowest BCUT2D eigenvalue weighted by atomic mass is 9.44. The van der Waals surface area contributed by atoms with Gasteiger partial charge in [0.2, 0.25) is 5.91 Å². The fourth-order valence-corrected chi connectivity index (χ4v) is 8.92. The third kappa shape index (κ3) is 3.89. The Morgan fingerprint density at radius 2 is 1.87 bits per heavy atom. The zero-order valence-electron chi connectivity index (χ0n) is 20.5. The summed E-state index contributed by atoms with van der Waals surface area (Å²) in [5, 5.41) is 14.6. The quantitative estimate of drug-likeness (QED) is 0.634. The van der Waals surface area contributed by atoms with Gasteiger partial charge in [-0.2, -0.15) is 0 Å². The number of carbonyl (C=O) groups is 2. The van der Waals surface area contributed by atoms with Gasteiger partial charge in [-0.05, 0) is 105 Å². The van der Waals surface area contributed by atoms with Gasteiger partial charge in [0.25, 0.3) is 0 Å². The van der Waals surface area contributed by atoms with Gasteiger partial charge in [0.05, 0.1) is 6.10 Å². The number of hydrogen-bond donors (Lipinski definition) is 2. The third-order valence-corrected chi connectivity index (χ3v) is 10.6. The number of carbonyl (C=O) groups excluding carboxylic acids is 2. The molecule has 31 heavy (non-hydrogen) atoms. The highest BCUT2D eigenvalue weighted by Crippen LogP contribution is 2.68. The Morgan fingerprint density at radius 1 is 1.13 bits per heavy atom. The van der Waals surface area contributed by atoms with Crippen molar-refractivity contribution in [3.05, 3.63) is 0 Å². The maximum Gasteiger partial charge on any atom is 0.220 e. The molecule has 176 valence electrons. The molecule has 1 amide bonds. The summed E-state index contributed by atoms with van der Waals surface area (Å²) in [7, 11) is 0. The first-order valence-electron chi connectivity index (χ1n) is 13.1. The number of amides is 1. The first-order valence-corrected chi connectivity index (χ1v) is 13.1. The Kier molecular flexibility index (Phi) is 6.35. The Morgan fingerprint density at radius 3 is 2.58 bits per heavy atom. The molecule has 4 saturated carbocycles. The van der Waals surface area contributed by atoms with E-state index in [1.807, 2.05) is 13.8 Å². The van der Waals surface area contributed by atoms with Gasteiger partial charge >= 0.3 is 0 Å². The maximum atomic E-state index is 12.2. The van der Waals surface area contributed by atoms with Crippen molar-refractivity contribution in [1.82, 2.24) is 5.32 Å². The van der Waals surface area contributed by atoms with Crippen LogP contribution in [0, 0.1) is 46.3 Å². The van der Waals surface area contributed by atoms with Gasteiger partial charge in [-0.15, -0.1) is 0 Å². The second-order valence-electron chi connectivity index (χ2n) is 12.4. The molecule has 0 aromatic carbocycles. The monoisotopic (exact) mass is 431 g/mol. The standard InChI is InChI=1S/C27H45NO3/c1-16(2)28-25(31)11-6-17(3)21-9-10-22-20-8-7-18-14-19(29)12-13-26(18,4)23(20)15-24(30)27(21,22)5/h16-18,20-24,30H,6-15H2,1-5H3,(H,28,31)/t17-,18?,20?,21-,22?,23?,24+,26+,27-/m1/s1. The van der Waals surface area contributed by atoms with Crippen molar-refractivity contribution >= 4 is 11.7 Å². The topological polar surface area (TPSA) is 66.4 Å². The molecule has 9 atom stereocenters. The van der Waals surface area contributed by atoms with Crippen LogP contribution in [0.3, 0.4) is 0 Å². The molecule has 2 N–H and O–H groups in total. The molecule has 0 aliphatic heterocycles. The number of Topliss-reactive ketones (excluding diaryl/α,β-unsaturated/α-hetero) is 1. The summed E-state index contributed by atoms with van der Waals surface area (Å²) in [5.41, 5.74) is 0.209. The van der Waals surface area contributed by atoms with E-state index in [1.54, 1.807) is 0 Å². The number of rotatable bonds is 5. The van der Waals surface area contributed by atoms with E-state index in [0.29, 0.717) is 47.7 Å². The molecule has 4 aliphatic rings. The van der Waals surface area contributed by atoms with Crippen molar-refractivity contribution < 1.29 is 14.7 Å². The highest BCUT2D eigenvalue weighted by atomic mass is 16.3. The van der Waals surface area contributed by atoms with E-state index in [-0.39, 0.29) is 28.9 Å². The first-order chi connectivity index (χ1) is 14.6. The predicted molar refractivity (Wildman–Crippen MR) is 123 cm³/mol. The summed E-state index contributed by atoms with van der Waals surface area (Å²) >= 11 is 0. The van der Waals surface area contributed by atoms with Crippen LogP contribution in [0.2, 0.25) is 0 Å². The number of aliphatic hydroxyl groups excluding tert-OH is 1. The van der Waals surface area contributed by atoms with Crippen LogP contribution in [-0.4, -0.2) is 28.9 Å². The fraction of sp³-hybridized carbons (Fsp3) is 0.926. The molecule has 0 radical (unpaired) electrons. The molecule has 4 heteroatoms. The van der Waals surface area contributed by atoms with Crippen LogP contribution in [-0.2, 0) is 9.59 Å². The van der Waals surface area contributed by atoms with Crippen molar-refractivity contribution in [3.8, 4) is 0 Å². The van der Waals surface area contributed by atoms with Gasteiger partial charge in [-0.3, -0.25) is 9.59 Å². The highest BCUT2D eigenvalue weighted by molar-refractivity contribution is 5.79. The average Bonchev–Trinajstić information content (AvgIpc) is 3.06. The largest absolute Gasteiger partial charge is 0.393 e. The first kappa shape index (κ1) is 23.3. The van der Waals surface area contributed by atoms with Gasteiger partial charge in [-0.1, -0.05) is 20.8 Å². The fourth-order valence-electron chi connectivity index (χ4n) is 8.92. The molecule has 0 saturated heterocycles. The molecule has 0 spiro atoms. The van der Waals surface area contributed by atoms with Crippen molar-refractivity contribution in [2.24, 2.45) is 46.3 Å². The normalized spacial score (nSPS) is 45.6. The molecule has 0 aromatic heterocycles. The minimum absolute atomic E-state index is 0.0250. The van der Waals surface area contributed by atoms with Crippen molar-refractivity contribution in [1.29, 1.82) is 0 Å². The summed E-state index contributed by atoms with van der Waals surface area (Å²) in [5.74, 6) is 3.96. The maximum absolute atomic E-state index is 12.2. The third-order valence-electron chi connectivity index (χ3n) is 10.6. The molecule has 4 unspecified atom stereocenters. The van der Waals surface area contributed by atoms with Gasteiger partial charge in [0.15, 0.2) is 0 Å². The van der Waals surface area contributed by atoms with Gasteiger partial charge < -0.3 is 10.4 Å². The minimum Gasteiger partial charge on any atom is -0.393 e. The molecule has 0 aromatic rings. The summed E-state index contributed by atoms with van der Waals surface area (Å²) in [6.07, 6.45) is 9.54. The highest BCUT2D eigenvalue weighted by Gasteiger charge is 2.63. The second kappa shape index (κ2) is 8.47. The van der Waals surface area contributed by atoms with Crippen LogP contribution in [0.15, 0.2) is 0 Å². The van der Waals surface area contributed by atoms with Crippen LogP contribution in [0.5, 0.6) is 0 Å². The molecule has 4 nitrogen and oxygen atoms in total. The Balaban J connectivity index is 1.49. The number of ketones is 1. The number of nitrogens with one attached hydrogen (secondary N) is 1. The number of aliphatic hydroxyl groups is 1. The summed E-state index contributed by atoms with van der Waals surface area (Å²) in [4.78, 5) is 24.3. The van der Waals surface area contributed by atoms with E-state index < -0.39 is 0 Å². The van der Waals surface area contributed by atoms with Gasteiger partial charge in [0, 0.05) is 25.3 Å². The number of fused-ring (bicyclic) bond motifs is 5. The van der Waals surface area contributed by atoms with Gasteiger partial charge in [0.1, 0.15) is 5.78 Å². The lowest BCUT2D eigenvalue weighted by molar-refractivity contribution is -0.170. The van der Waals surface area contributed by atoms with Crippen molar-refractivity contribution in [3.63, 3.8) is 0 Å². The predicted octanol–water partition coefficient (Wildman–Crippen LogP) is 5.13. The lowest BCUT2D eigenvalue weighted by Gasteiger charge is -2.62. The van der Waals surface area contributed by atoms with E-state index in [9.17, 15) is 14.7 Å². The van der Waals surface area contributed by atoms with Crippen LogP contribution in [0.1, 0.15) is 98.8 Å². The molecule has 0 bridgehead atoms. The molecule has 4 fully saturated rings. The van der Waals surface area contributed by atoms with E-state index in [1.165, 1.54) is 25.7 Å². The lowest BCUT2D eigenvalue weighted by Crippen LogP contribution is -2.58. The van der Waals surface area contributed by atoms with Crippen LogP contribution < -0.4 is 5.32 Å². The van der Waals surface area contributed by atoms with Crippen LogP contribution in [0.4, 0.5) is 0 Å². The number of hydrogen-bond acceptors (Lipinski definition) is 3. The van der Waals surface area contributed by atoms with Crippen molar-refractivity contribution in [2.45, 2.75) is 111 Å². The molecule has 4 rings (SSSR count). The van der Waals surface area contributed by atoms with E-state index in [2.05, 4.69) is 26.1 Å². The van der Waals surface area contributed by atoms with Crippen LogP contribution in [0.25, 0.3) is 0 Å². The molecule has 0 heterocycles. The van der Waals surface area contributed by atoms with Gasteiger partial charge in [-0.25, -0.2) is 0 Å². The Labute approximate surface area is 189 Å². The molecular formula is C27H45NO3. The molecule has 4 aliphatic carbocycles. The van der Waals surface area contributed by atoms with E-state index >= 15 is 0 Å². The smallest absolute Gasteiger partial charge is 0.220 e. The van der Waals surface area contributed by atoms with E-state index in [0.717, 1.165) is 32.1 Å². The summed E-state index contributed by atoms with van der Waals surface area (Å²) in [6, 6.07) is 0.194. The zero-order chi connectivity index (χ0) is 22.6. The van der Waals surface area contributed by atoms with Crippen LogP contribution >= 0.6 is 0 Å². The Hall–Kier alpha value is -0.900. The summed E-state index contributed by atoms with van der Waals surface area (Å²) in [6.45, 7) is 11.1. The second-order valence-corrected chi connectivity index (χ2v) is 12.4. The molecular weight excluding hydrogens is 386 g/mol. The average molecular weight is 432 g/mol. The SMILES string of the molecule is CC(C)NC(=O)CC[C@@H](C)[C@H]1CCC2C3CCC4CC(=O)CC[C@]4(C)C3C[C@H](O)[C@@]21C. The minimum atomic E-state index is -0.258. The summed E-state index contributed by atoms with van der Waals surface area (Å²) < 4.78 is 0. The van der Waals surface area contributed by atoms with Crippen molar-refractivity contribution in [2.75, 3.05) is 0 Å². The Bertz CT molecular complexity index is 705. The van der Waals surface area contributed by atoms with E-state index in [4.69, 9.17) is 0 Å².